The maximum atomic E-state index is 12.8. The number of ether oxygens (including phenoxy) is 1. The summed E-state index contributed by atoms with van der Waals surface area (Å²) in [5, 5.41) is 0. The molecule has 0 aliphatic carbocycles. The van der Waals surface area contributed by atoms with Crippen molar-refractivity contribution >= 4 is 12.0 Å². The summed E-state index contributed by atoms with van der Waals surface area (Å²) in [5.74, 6) is 0.261. The molecule has 5 heterocycles. The van der Waals surface area contributed by atoms with Gasteiger partial charge in [-0.25, -0.2) is 14.8 Å². The predicted molar refractivity (Wildman–Crippen MR) is 115 cm³/mol. The molecule has 2 unspecified atom stereocenters. The Bertz CT molecular complexity index is 952. The van der Waals surface area contributed by atoms with Crippen LogP contribution in [0.25, 0.3) is 0 Å². The normalized spacial score (nSPS) is 23.8. The van der Waals surface area contributed by atoms with E-state index in [0.717, 1.165) is 51.3 Å². The van der Waals surface area contributed by atoms with E-state index in [2.05, 4.69) is 27.0 Å². The lowest BCUT2D eigenvalue weighted by Crippen LogP contribution is -2.70. The molecule has 176 valence electrons. The van der Waals surface area contributed by atoms with Crippen LogP contribution < -0.4 is 4.90 Å². The molecule has 4 saturated heterocycles. The number of hydrogen-bond donors (Lipinski definition) is 0. The first-order valence-corrected chi connectivity index (χ1v) is 11.3. The van der Waals surface area contributed by atoms with Gasteiger partial charge in [0.15, 0.2) is 0 Å². The van der Waals surface area contributed by atoms with Crippen LogP contribution in [0.4, 0.5) is 23.9 Å². The average molecular weight is 461 g/mol. The Hall–Kier alpha value is -2.88. The van der Waals surface area contributed by atoms with Gasteiger partial charge in [0.05, 0.1) is 17.6 Å². The molecule has 4 aliphatic rings. The molecule has 4 fully saturated rings. The molecule has 1 aromatic heterocycles. The maximum Gasteiger partial charge on any atom is 0.419 e. The third kappa shape index (κ3) is 4.75. The van der Waals surface area contributed by atoms with Crippen LogP contribution >= 0.6 is 0 Å². The molecule has 1 amide bonds. The standard InChI is InChI=1S/C23H26F3N5O2/c24-23(25,26)17-11-27-21(28-12-17)30-14-18-10-19(15-30)31(18)22(32)33-20-6-8-29(9-7-20)13-16-4-2-1-3-5-16/h1-5,11-12,18-20H,6-10,13-15H2. The molecule has 33 heavy (non-hydrogen) atoms. The van der Waals surface area contributed by atoms with E-state index in [0.29, 0.717) is 13.1 Å². The molecule has 2 atom stereocenters. The smallest absolute Gasteiger partial charge is 0.419 e. The van der Waals surface area contributed by atoms with Crippen LogP contribution in [-0.2, 0) is 17.5 Å². The minimum atomic E-state index is -4.46. The first kappa shape index (κ1) is 21.9. The van der Waals surface area contributed by atoms with E-state index in [1.54, 1.807) is 4.90 Å². The molecule has 4 aliphatic heterocycles. The Balaban J connectivity index is 1.10. The summed E-state index contributed by atoms with van der Waals surface area (Å²) in [5.41, 5.74) is 0.413. The monoisotopic (exact) mass is 461 g/mol. The lowest BCUT2D eigenvalue weighted by molar-refractivity contribution is -0.138. The zero-order valence-electron chi connectivity index (χ0n) is 18.1. The van der Waals surface area contributed by atoms with Crippen molar-refractivity contribution in [3.8, 4) is 0 Å². The second-order valence-corrected chi connectivity index (χ2v) is 8.97. The van der Waals surface area contributed by atoms with Crippen LogP contribution in [0.3, 0.4) is 0 Å². The van der Waals surface area contributed by atoms with E-state index in [-0.39, 0.29) is 30.2 Å². The SMILES string of the molecule is O=C(OC1CCN(Cc2ccccc2)CC1)N1C2CC1CN(c1ncc(C(F)(F)F)cn1)C2. The largest absolute Gasteiger partial charge is 0.446 e. The van der Waals surface area contributed by atoms with Crippen molar-refractivity contribution in [3.63, 3.8) is 0 Å². The fourth-order valence-electron chi connectivity index (χ4n) is 4.93. The average Bonchev–Trinajstić information content (AvgIpc) is 2.80. The molecule has 6 rings (SSSR count). The predicted octanol–water partition coefficient (Wildman–Crippen LogP) is 3.56. The third-order valence-electron chi connectivity index (χ3n) is 6.70. The van der Waals surface area contributed by atoms with Crippen LogP contribution in [0, 0.1) is 0 Å². The van der Waals surface area contributed by atoms with E-state index in [4.69, 9.17) is 4.74 Å². The summed E-state index contributed by atoms with van der Waals surface area (Å²) >= 11 is 0. The number of piperazine rings is 1. The van der Waals surface area contributed by atoms with Gasteiger partial charge in [0.2, 0.25) is 5.95 Å². The zero-order valence-corrected chi connectivity index (χ0v) is 18.1. The number of fused-ring (bicyclic) bond motifs is 2. The summed E-state index contributed by atoms with van der Waals surface area (Å²) in [4.78, 5) is 26.5. The minimum Gasteiger partial charge on any atom is -0.446 e. The number of halogens is 3. The molecule has 0 N–H and O–H groups in total. The number of nitrogens with zero attached hydrogens (tertiary/aromatic N) is 5. The molecule has 7 nitrogen and oxygen atoms in total. The fourth-order valence-corrected chi connectivity index (χ4v) is 4.93. The second kappa shape index (κ2) is 8.81. The molecular weight excluding hydrogens is 435 g/mol. The number of benzene rings is 1. The summed E-state index contributed by atoms with van der Waals surface area (Å²) in [7, 11) is 0. The van der Waals surface area contributed by atoms with Gasteiger partial charge in [-0.05, 0) is 24.8 Å². The van der Waals surface area contributed by atoms with Crippen molar-refractivity contribution in [3.05, 3.63) is 53.9 Å². The van der Waals surface area contributed by atoms with Gasteiger partial charge in [-0.15, -0.1) is 0 Å². The molecule has 2 aromatic rings. The highest BCUT2D eigenvalue weighted by Crippen LogP contribution is 2.35. The van der Waals surface area contributed by atoms with E-state index in [1.165, 1.54) is 5.56 Å². The number of hydrogen-bond acceptors (Lipinski definition) is 6. The fraction of sp³-hybridized carbons (Fsp3) is 0.522. The minimum absolute atomic E-state index is 0.0275. The Morgan fingerprint density at radius 1 is 1.03 bits per heavy atom. The first-order chi connectivity index (χ1) is 15.9. The number of piperidine rings is 2. The van der Waals surface area contributed by atoms with Gasteiger partial charge in [0.1, 0.15) is 6.10 Å². The number of likely N-dealkylation sites (tertiary alicyclic amines) is 1. The highest BCUT2D eigenvalue weighted by atomic mass is 19.4. The summed E-state index contributed by atoms with van der Waals surface area (Å²) in [6.07, 6.45) is -0.730. The van der Waals surface area contributed by atoms with Crippen LogP contribution in [0.15, 0.2) is 42.7 Å². The highest BCUT2D eigenvalue weighted by molar-refractivity contribution is 5.71. The Kier molecular flexibility index (Phi) is 5.86. The Morgan fingerprint density at radius 2 is 1.67 bits per heavy atom. The van der Waals surface area contributed by atoms with Crippen molar-refractivity contribution < 1.29 is 22.7 Å². The van der Waals surface area contributed by atoms with Gasteiger partial charge in [-0.2, -0.15) is 13.2 Å². The Labute approximate surface area is 190 Å². The summed E-state index contributed by atoms with van der Waals surface area (Å²) < 4.78 is 44.0. The molecule has 1 aromatic carbocycles. The van der Waals surface area contributed by atoms with Crippen molar-refractivity contribution in [1.29, 1.82) is 0 Å². The van der Waals surface area contributed by atoms with Gasteiger partial charge in [-0.1, -0.05) is 30.3 Å². The molecule has 10 heteroatoms. The van der Waals surface area contributed by atoms with Crippen LogP contribution in [0.5, 0.6) is 0 Å². The quantitative estimate of drug-likeness (QED) is 0.694. The lowest BCUT2D eigenvalue weighted by Gasteiger charge is -2.55. The third-order valence-corrected chi connectivity index (χ3v) is 6.70. The lowest BCUT2D eigenvalue weighted by atomic mass is 9.88. The van der Waals surface area contributed by atoms with Crippen molar-refractivity contribution in [2.45, 2.75) is 50.2 Å². The second-order valence-electron chi connectivity index (χ2n) is 8.97. The summed E-state index contributed by atoms with van der Waals surface area (Å²) in [6.45, 7) is 3.66. The molecule has 0 radical (unpaired) electrons. The maximum absolute atomic E-state index is 12.8. The number of amides is 1. The van der Waals surface area contributed by atoms with Gasteiger partial charge in [-0.3, -0.25) is 9.80 Å². The van der Waals surface area contributed by atoms with Crippen molar-refractivity contribution in [2.75, 3.05) is 31.1 Å². The number of anilines is 1. The molecule has 0 spiro atoms. The van der Waals surface area contributed by atoms with Crippen molar-refractivity contribution in [2.24, 2.45) is 0 Å². The van der Waals surface area contributed by atoms with Gasteiger partial charge < -0.3 is 9.64 Å². The van der Waals surface area contributed by atoms with Gasteiger partial charge in [0, 0.05) is 45.1 Å². The zero-order chi connectivity index (χ0) is 23.0. The number of rotatable bonds is 4. The molecular formula is C23H26F3N5O2. The highest BCUT2D eigenvalue weighted by Gasteiger charge is 2.49. The van der Waals surface area contributed by atoms with E-state index in [9.17, 15) is 18.0 Å². The van der Waals surface area contributed by atoms with Gasteiger partial charge >= 0.3 is 12.3 Å². The van der Waals surface area contributed by atoms with Crippen LogP contribution in [-0.4, -0.2) is 70.2 Å². The van der Waals surface area contributed by atoms with Crippen LogP contribution in [0.2, 0.25) is 0 Å². The summed E-state index contributed by atoms with van der Waals surface area (Å²) in [6, 6.07) is 10.3. The first-order valence-electron chi connectivity index (χ1n) is 11.3. The number of alkyl halides is 3. The molecule has 2 bridgehead atoms. The van der Waals surface area contributed by atoms with E-state index < -0.39 is 11.7 Å². The topological polar surface area (TPSA) is 61.8 Å². The number of aromatic nitrogens is 2. The van der Waals surface area contributed by atoms with E-state index in [1.807, 2.05) is 23.1 Å². The van der Waals surface area contributed by atoms with E-state index >= 15 is 0 Å². The Morgan fingerprint density at radius 3 is 2.27 bits per heavy atom. The van der Waals surface area contributed by atoms with Crippen LogP contribution in [0.1, 0.15) is 30.4 Å². The van der Waals surface area contributed by atoms with Gasteiger partial charge in [0.25, 0.3) is 0 Å². The number of carbonyl (C=O) groups excluding carboxylic acids is 1. The van der Waals surface area contributed by atoms with Crippen molar-refractivity contribution in [1.82, 2.24) is 19.8 Å². The molecule has 0 saturated carbocycles. The number of carbonyl (C=O) groups is 1.